The minimum Gasteiger partial charge on any atom is -0.480 e. The molecular weight excluding hydrogens is 562 g/mol. The molecule has 0 aliphatic carbocycles. The van der Waals surface area contributed by atoms with Gasteiger partial charge in [-0.05, 0) is 62.4 Å². The van der Waals surface area contributed by atoms with E-state index in [1.807, 2.05) is 54.6 Å². The number of fused-ring (bicyclic) bond motifs is 1. The highest BCUT2D eigenvalue weighted by molar-refractivity contribution is 5.94. The number of H-pyrrole nitrogens is 1. The van der Waals surface area contributed by atoms with Gasteiger partial charge in [-0.1, -0.05) is 55.0 Å². The van der Waals surface area contributed by atoms with E-state index in [1.165, 1.54) is 0 Å². The van der Waals surface area contributed by atoms with Crippen LogP contribution in [0.3, 0.4) is 0 Å². The Balaban J connectivity index is 1.78. The second-order valence-corrected chi connectivity index (χ2v) is 11.0. The van der Waals surface area contributed by atoms with Crippen LogP contribution in [0.5, 0.6) is 0 Å². The van der Waals surface area contributed by atoms with Gasteiger partial charge in [0, 0.05) is 29.9 Å². The summed E-state index contributed by atoms with van der Waals surface area (Å²) in [5, 5.41) is 19.0. The first kappa shape index (κ1) is 34.2. The zero-order valence-corrected chi connectivity index (χ0v) is 25.0. The number of carbonyl (C=O) groups excluding carboxylic acids is 3. The van der Waals surface area contributed by atoms with Gasteiger partial charge in [-0.15, -0.1) is 0 Å². The Morgan fingerprint density at radius 1 is 0.705 bits per heavy atom. The van der Waals surface area contributed by atoms with Crippen molar-refractivity contribution in [2.24, 2.45) is 17.2 Å². The monoisotopic (exact) mass is 607 g/mol. The number of para-hydroxylation sites is 1. The van der Waals surface area contributed by atoms with Crippen molar-refractivity contribution in [3.8, 4) is 0 Å². The van der Waals surface area contributed by atoms with Crippen LogP contribution in [0.2, 0.25) is 0 Å². The molecule has 0 radical (unpaired) electrons. The van der Waals surface area contributed by atoms with Gasteiger partial charge in [-0.3, -0.25) is 14.4 Å². The van der Waals surface area contributed by atoms with Gasteiger partial charge in [-0.25, -0.2) is 4.79 Å². The van der Waals surface area contributed by atoms with Crippen LogP contribution in [0.15, 0.2) is 60.8 Å². The number of hydrogen-bond donors (Lipinski definition) is 8. The highest BCUT2D eigenvalue weighted by Gasteiger charge is 2.31. The van der Waals surface area contributed by atoms with Crippen molar-refractivity contribution < 1.29 is 24.3 Å². The number of unbranched alkanes of at least 4 members (excludes halogenated alkanes) is 2. The Morgan fingerprint density at radius 2 is 1.30 bits per heavy atom. The van der Waals surface area contributed by atoms with E-state index in [4.69, 9.17) is 17.2 Å². The molecule has 12 heteroatoms. The number of nitrogens with one attached hydrogen (secondary N) is 4. The fourth-order valence-electron chi connectivity index (χ4n) is 5.00. The van der Waals surface area contributed by atoms with Crippen LogP contribution < -0.4 is 33.2 Å². The molecule has 0 aliphatic heterocycles. The summed E-state index contributed by atoms with van der Waals surface area (Å²) in [7, 11) is 0. The quantitative estimate of drug-likeness (QED) is 0.0920. The molecular formula is C32H45N7O5. The van der Waals surface area contributed by atoms with Crippen molar-refractivity contribution in [2.75, 3.05) is 13.1 Å². The molecule has 3 amide bonds. The number of hydrogen-bond acceptors (Lipinski definition) is 7. The van der Waals surface area contributed by atoms with E-state index >= 15 is 0 Å². The third kappa shape index (κ3) is 10.5. The number of carboxylic acid groups (broad SMARTS) is 1. The Hall–Kier alpha value is -4.26. The molecule has 2 aromatic carbocycles. The average molecular weight is 608 g/mol. The lowest BCUT2D eigenvalue weighted by molar-refractivity contribution is -0.142. The molecule has 0 saturated heterocycles. The second-order valence-electron chi connectivity index (χ2n) is 11.0. The minimum absolute atomic E-state index is 0.0386. The van der Waals surface area contributed by atoms with Crippen molar-refractivity contribution in [2.45, 2.75) is 75.5 Å². The Kier molecular flexibility index (Phi) is 13.8. The van der Waals surface area contributed by atoms with Crippen molar-refractivity contribution in [1.82, 2.24) is 20.9 Å². The van der Waals surface area contributed by atoms with Gasteiger partial charge in [0.15, 0.2) is 0 Å². The summed E-state index contributed by atoms with van der Waals surface area (Å²) in [6, 6.07) is 12.4. The predicted molar refractivity (Wildman–Crippen MR) is 169 cm³/mol. The Bertz CT molecular complexity index is 1360. The first-order valence-corrected chi connectivity index (χ1v) is 15.1. The van der Waals surface area contributed by atoms with Crippen LogP contribution in [-0.2, 0) is 32.0 Å². The molecule has 0 bridgehead atoms. The topological polar surface area (TPSA) is 218 Å². The summed E-state index contributed by atoms with van der Waals surface area (Å²) in [4.78, 5) is 55.4. The normalized spacial score (nSPS) is 13.9. The minimum atomic E-state index is -1.25. The molecule has 0 fully saturated rings. The van der Waals surface area contributed by atoms with Gasteiger partial charge in [0.05, 0.1) is 6.04 Å². The number of carboxylic acids is 1. The largest absolute Gasteiger partial charge is 0.480 e. The maximum absolute atomic E-state index is 13.6. The standard InChI is InChI=1S/C32H45N7O5/c33-16-8-6-13-24(35)29(40)37-26(15-7-9-17-34)30(41)38-27(18-21-10-2-1-3-11-21)31(42)39-28(32(43)44)19-22-20-36-25-14-5-4-12-23(22)25/h1-5,10-12,14,20,24,26-28,36H,6-9,13,15-19,33-35H2,(H,37,40)(H,38,41)(H,39,42)(H,43,44). The summed E-state index contributed by atoms with van der Waals surface area (Å²) >= 11 is 0. The molecule has 3 rings (SSSR count). The van der Waals surface area contributed by atoms with E-state index < -0.39 is 47.9 Å². The number of aliphatic carboxylic acids is 1. The van der Waals surface area contributed by atoms with Crippen molar-refractivity contribution in [3.63, 3.8) is 0 Å². The lowest BCUT2D eigenvalue weighted by atomic mass is 10.0. The highest BCUT2D eigenvalue weighted by Crippen LogP contribution is 2.19. The van der Waals surface area contributed by atoms with Crippen LogP contribution in [0, 0.1) is 0 Å². The molecule has 11 N–H and O–H groups in total. The highest BCUT2D eigenvalue weighted by atomic mass is 16.4. The zero-order valence-electron chi connectivity index (χ0n) is 25.0. The average Bonchev–Trinajstić information content (AvgIpc) is 3.43. The van der Waals surface area contributed by atoms with Crippen molar-refractivity contribution in [1.29, 1.82) is 0 Å². The molecule has 4 atom stereocenters. The number of aromatic amines is 1. The number of benzene rings is 2. The summed E-state index contributed by atoms with van der Waals surface area (Å²) in [6.45, 7) is 0.917. The van der Waals surface area contributed by atoms with E-state index in [2.05, 4.69) is 20.9 Å². The van der Waals surface area contributed by atoms with Gasteiger partial charge in [0.2, 0.25) is 17.7 Å². The maximum Gasteiger partial charge on any atom is 0.326 e. The molecule has 3 aromatic rings. The van der Waals surface area contributed by atoms with Gasteiger partial charge < -0.3 is 43.2 Å². The van der Waals surface area contributed by atoms with Crippen molar-refractivity contribution >= 4 is 34.6 Å². The molecule has 44 heavy (non-hydrogen) atoms. The van der Waals surface area contributed by atoms with E-state index in [1.54, 1.807) is 6.20 Å². The third-order valence-corrected chi connectivity index (χ3v) is 7.52. The smallest absolute Gasteiger partial charge is 0.326 e. The lowest BCUT2D eigenvalue weighted by Gasteiger charge is -2.25. The molecule has 0 aliphatic rings. The van der Waals surface area contributed by atoms with Crippen LogP contribution >= 0.6 is 0 Å². The van der Waals surface area contributed by atoms with Crippen LogP contribution in [0.4, 0.5) is 0 Å². The van der Waals surface area contributed by atoms with E-state index in [-0.39, 0.29) is 12.8 Å². The molecule has 238 valence electrons. The van der Waals surface area contributed by atoms with Gasteiger partial charge in [0.1, 0.15) is 18.1 Å². The van der Waals surface area contributed by atoms with Crippen molar-refractivity contribution in [3.05, 3.63) is 71.9 Å². The number of amides is 3. The van der Waals surface area contributed by atoms with Gasteiger partial charge in [0.25, 0.3) is 0 Å². The molecule has 1 heterocycles. The summed E-state index contributed by atoms with van der Waals surface area (Å²) in [6.07, 6.45) is 5.21. The van der Waals surface area contributed by atoms with E-state index in [0.29, 0.717) is 45.2 Å². The number of nitrogens with two attached hydrogens (primary N) is 3. The zero-order chi connectivity index (χ0) is 31.9. The fraction of sp³-hybridized carbons (Fsp3) is 0.438. The van der Waals surface area contributed by atoms with E-state index in [0.717, 1.165) is 28.5 Å². The third-order valence-electron chi connectivity index (χ3n) is 7.52. The van der Waals surface area contributed by atoms with Crippen LogP contribution in [-0.4, -0.2) is 71.0 Å². The maximum atomic E-state index is 13.6. The molecule has 12 nitrogen and oxygen atoms in total. The Labute approximate surface area is 257 Å². The first-order valence-electron chi connectivity index (χ1n) is 15.1. The first-order chi connectivity index (χ1) is 21.2. The Morgan fingerprint density at radius 3 is 1.98 bits per heavy atom. The van der Waals surface area contributed by atoms with E-state index in [9.17, 15) is 24.3 Å². The summed E-state index contributed by atoms with van der Waals surface area (Å²) in [5.74, 6) is -2.89. The van der Waals surface area contributed by atoms with Crippen LogP contribution in [0.1, 0.15) is 49.7 Å². The van der Waals surface area contributed by atoms with Gasteiger partial charge in [-0.2, -0.15) is 0 Å². The number of aromatic nitrogens is 1. The molecule has 1 aromatic heterocycles. The molecule has 4 unspecified atom stereocenters. The molecule has 0 saturated carbocycles. The number of carbonyl (C=O) groups is 4. The van der Waals surface area contributed by atoms with Gasteiger partial charge >= 0.3 is 5.97 Å². The lowest BCUT2D eigenvalue weighted by Crippen LogP contribution is -2.57. The fourth-order valence-corrected chi connectivity index (χ4v) is 5.00. The predicted octanol–water partition coefficient (Wildman–Crippen LogP) is 1.08. The second kappa shape index (κ2) is 17.8. The summed E-state index contributed by atoms with van der Waals surface area (Å²) < 4.78 is 0. The number of rotatable bonds is 19. The van der Waals surface area contributed by atoms with Crippen LogP contribution in [0.25, 0.3) is 10.9 Å². The summed E-state index contributed by atoms with van der Waals surface area (Å²) in [5.41, 5.74) is 19.6. The molecule has 0 spiro atoms. The SMILES string of the molecule is NCCCCC(N)C(=O)NC(CCCCN)C(=O)NC(Cc1ccccc1)C(=O)NC(Cc1c[nH]c2ccccc12)C(=O)O.